The molecule has 0 fully saturated rings. The summed E-state index contributed by atoms with van der Waals surface area (Å²) < 4.78 is 5.59. The third kappa shape index (κ3) is 4.59. The molecule has 4 nitrogen and oxygen atoms in total. The van der Waals surface area contributed by atoms with Gasteiger partial charge < -0.3 is 9.52 Å². The maximum Gasteiger partial charge on any atom is 0.317 e. The Morgan fingerprint density at radius 3 is 2.79 bits per heavy atom. The number of nitrogens with one attached hydrogen (secondary N) is 1. The third-order valence-electron chi connectivity index (χ3n) is 2.35. The van der Waals surface area contributed by atoms with Gasteiger partial charge >= 0.3 is 5.97 Å². The van der Waals surface area contributed by atoms with Crippen LogP contribution >= 0.6 is 24.0 Å². The summed E-state index contributed by atoms with van der Waals surface area (Å²) in [5.74, 6) is 0.507. The zero-order chi connectivity index (χ0) is 13.0. The fourth-order valence-electron chi connectivity index (χ4n) is 1.56. The van der Waals surface area contributed by atoms with Crippen molar-refractivity contribution in [2.24, 2.45) is 0 Å². The molecule has 0 aliphatic heterocycles. The molecule has 102 valence electrons. The molecule has 1 heterocycles. The number of hydrogen-bond donors (Lipinski definition) is 2. The van der Waals surface area contributed by atoms with E-state index in [2.05, 4.69) is 5.32 Å². The second-order valence-electron chi connectivity index (χ2n) is 3.77. The Hall–Kier alpha value is -1.49. The predicted octanol–water partition coefficient (Wildman–Crippen LogP) is 3.20. The summed E-state index contributed by atoms with van der Waals surface area (Å²) in [6, 6.07) is 11.0. The molecule has 0 atom stereocenters. The zero-order valence-electron chi connectivity index (χ0n) is 9.93. The molecule has 0 amide bonds. The molecule has 0 radical (unpaired) electrons. The average molecular weight is 302 g/mol. The molecule has 0 saturated carbocycles. The first-order valence-corrected chi connectivity index (χ1v) is 5.80. The van der Waals surface area contributed by atoms with Gasteiger partial charge in [-0.05, 0) is 24.3 Å². The molecular weight excluding hydrogens is 289 g/mol. The molecule has 2 N–H and O–H groups in total. The molecule has 0 bridgehead atoms. The summed E-state index contributed by atoms with van der Waals surface area (Å²) in [6.45, 7) is 0.292. The van der Waals surface area contributed by atoms with Crippen molar-refractivity contribution in [3.05, 3.63) is 47.2 Å². The van der Waals surface area contributed by atoms with Gasteiger partial charge in [0.2, 0.25) is 0 Å². The Labute approximate surface area is 121 Å². The van der Waals surface area contributed by atoms with Gasteiger partial charge in [-0.3, -0.25) is 10.1 Å². The summed E-state index contributed by atoms with van der Waals surface area (Å²) in [5, 5.41) is 11.9. The second kappa shape index (κ2) is 7.19. The fourth-order valence-corrected chi connectivity index (χ4v) is 1.75. The Kier molecular flexibility index (Phi) is 5.89. The van der Waals surface area contributed by atoms with Gasteiger partial charge in [-0.25, -0.2) is 0 Å². The summed E-state index contributed by atoms with van der Waals surface area (Å²) >= 11 is 5.90. The first-order valence-electron chi connectivity index (χ1n) is 5.42. The van der Waals surface area contributed by atoms with Crippen molar-refractivity contribution in [1.29, 1.82) is 0 Å². The van der Waals surface area contributed by atoms with E-state index >= 15 is 0 Å². The van der Waals surface area contributed by atoms with Gasteiger partial charge in [-0.15, -0.1) is 12.4 Å². The zero-order valence-corrected chi connectivity index (χ0v) is 11.5. The number of carboxylic acid groups (broad SMARTS) is 1. The largest absolute Gasteiger partial charge is 0.480 e. The van der Waals surface area contributed by atoms with Crippen molar-refractivity contribution in [2.75, 3.05) is 6.54 Å². The van der Waals surface area contributed by atoms with Crippen molar-refractivity contribution < 1.29 is 14.3 Å². The molecule has 1 aromatic carbocycles. The van der Waals surface area contributed by atoms with Crippen LogP contribution in [0.25, 0.3) is 11.3 Å². The molecule has 0 aliphatic rings. The van der Waals surface area contributed by atoms with Crippen molar-refractivity contribution in [1.82, 2.24) is 5.32 Å². The summed E-state index contributed by atoms with van der Waals surface area (Å²) in [4.78, 5) is 10.3. The lowest BCUT2D eigenvalue weighted by molar-refractivity contribution is -0.136. The number of carbonyl (C=O) groups is 1. The highest BCUT2D eigenvalue weighted by Gasteiger charge is 2.05. The molecule has 0 saturated heterocycles. The highest BCUT2D eigenvalue weighted by Crippen LogP contribution is 2.24. The van der Waals surface area contributed by atoms with E-state index in [1.807, 2.05) is 30.3 Å². The maximum atomic E-state index is 10.3. The highest BCUT2D eigenvalue weighted by molar-refractivity contribution is 6.30. The topological polar surface area (TPSA) is 62.5 Å². The molecule has 6 heteroatoms. The molecule has 1 aromatic heterocycles. The van der Waals surface area contributed by atoms with Crippen LogP contribution in [-0.4, -0.2) is 17.6 Å². The van der Waals surface area contributed by atoms with Crippen molar-refractivity contribution in [3.63, 3.8) is 0 Å². The minimum absolute atomic E-state index is 0. The van der Waals surface area contributed by atoms with E-state index < -0.39 is 5.97 Å². The van der Waals surface area contributed by atoms with Crippen LogP contribution in [0, 0.1) is 0 Å². The van der Waals surface area contributed by atoms with Crippen LogP contribution in [0.2, 0.25) is 5.02 Å². The van der Waals surface area contributed by atoms with Gasteiger partial charge in [0.05, 0.1) is 13.1 Å². The fraction of sp³-hybridized carbons (Fsp3) is 0.154. The molecule has 0 spiro atoms. The van der Waals surface area contributed by atoms with Crippen molar-refractivity contribution in [2.45, 2.75) is 6.54 Å². The Morgan fingerprint density at radius 2 is 2.11 bits per heavy atom. The second-order valence-corrected chi connectivity index (χ2v) is 4.21. The molecule has 19 heavy (non-hydrogen) atoms. The first-order chi connectivity index (χ1) is 8.65. The van der Waals surface area contributed by atoms with Gasteiger partial charge in [0.1, 0.15) is 11.5 Å². The number of carboxylic acids is 1. The number of aliphatic carboxylic acids is 1. The molecular formula is C13H13Cl2NO3. The number of hydrogen-bond acceptors (Lipinski definition) is 3. The Bertz CT molecular complexity index is 554. The van der Waals surface area contributed by atoms with Crippen LogP contribution in [0.15, 0.2) is 40.8 Å². The smallest absolute Gasteiger partial charge is 0.317 e. The number of halogens is 2. The van der Waals surface area contributed by atoms with E-state index in [1.165, 1.54) is 0 Å². The minimum atomic E-state index is -0.892. The lowest BCUT2D eigenvalue weighted by Gasteiger charge is -1.99. The van der Waals surface area contributed by atoms with E-state index in [0.29, 0.717) is 23.1 Å². The highest BCUT2D eigenvalue weighted by atomic mass is 35.5. The van der Waals surface area contributed by atoms with Crippen LogP contribution in [0.1, 0.15) is 5.76 Å². The van der Waals surface area contributed by atoms with Gasteiger partial charge in [-0.2, -0.15) is 0 Å². The normalized spacial score (nSPS) is 9.95. The van der Waals surface area contributed by atoms with E-state index in [0.717, 1.165) is 5.56 Å². The van der Waals surface area contributed by atoms with E-state index in [4.69, 9.17) is 21.1 Å². The molecule has 0 aliphatic carbocycles. The van der Waals surface area contributed by atoms with Crippen LogP contribution in [0.3, 0.4) is 0 Å². The third-order valence-corrected chi connectivity index (χ3v) is 2.58. The molecule has 0 unspecified atom stereocenters. The standard InChI is InChI=1S/C13H12ClNO3.ClH/c14-10-3-1-2-9(6-10)12-5-4-11(18-12)7-15-8-13(16)17;/h1-6,15H,7-8H2,(H,16,17);1H. The quantitative estimate of drug-likeness (QED) is 0.890. The summed E-state index contributed by atoms with van der Waals surface area (Å²) in [7, 11) is 0. The lowest BCUT2D eigenvalue weighted by atomic mass is 10.2. The number of benzene rings is 1. The maximum absolute atomic E-state index is 10.3. The van der Waals surface area contributed by atoms with Crippen molar-refractivity contribution >= 4 is 30.0 Å². The lowest BCUT2D eigenvalue weighted by Crippen LogP contribution is -2.21. The van der Waals surface area contributed by atoms with E-state index in [9.17, 15) is 4.79 Å². The van der Waals surface area contributed by atoms with E-state index in [1.54, 1.807) is 6.07 Å². The van der Waals surface area contributed by atoms with Gasteiger partial charge in [-0.1, -0.05) is 23.7 Å². The first kappa shape index (κ1) is 15.6. The van der Waals surface area contributed by atoms with Crippen LogP contribution in [-0.2, 0) is 11.3 Å². The van der Waals surface area contributed by atoms with Gasteiger partial charge in [0, 0.05) is 10.6 Å². The predicted molar refractivity (Wildman–Crippen MR) is 75.7 cm³/mol. The monoisotopic (exact) mass is 301 g/mol. The Morgan fingerprint density at radius 1 is 1.32 bits per heavy atom. The van der Waals surface area contributed by atoms with Gasteiger partial charge in [0.15, 0.2) is 0 Å². The van der Waals surface area contributed by atoms with Crippen LogP contribution in [0.5, 0.6) is 0 Å². The Balaban J connectivity index is 0.00000180. The van der Waals surface area contributed by atoms with Gasteiger partial charge in [0.25, 0.3) is 0 Å². The number of furan rings is 1. The number of rotatable bonds is 5. The summed E-state index contributed by atoms with van der Waals surface area (Å²) in [5.41, 5.74) is 0.895. The van der Waals surface area contributed by atoms with E-state index in [-0.39, 0.29) is 19.0 Å². The van der Waals surface area contributed by atoms with Crippen LogP contribution in [0.4, 0.5) is 0 Å². The molecule has 2 aromatic rings. The molecule has 2 rings (SSSR count). The minimum Gasteiger partial charge on any atom is -0.480 e. The summed E-state index contributed by atoms with van der Waals surface area (Å²) in [6.07, 6.45) is 0. The average Bonchev–Trinajstić information content (AvgIpc) is 2.77. The SMILES string of the molecule is Cl.O=C(O)CNCc1ccc(-c2cccc(Cl)c2)o1. The van der Waals surface area contributed by atoms with Crippen LogP contribution < -0.4 is 5.32 Å². The van der Waals surface area contributed by atoms with Crippen molar-refractivity contribution in [3.8, 4) is 11.3 Å².